The van der Waals surface area contributed by atoms with Crippen molar-refractivity contribution in [1.82, 2.24) is 14.9 Å². The SMILES string of the molecule is CCCCNC(=O)C(C)C(C(C(=O)O)C(C)C(N)=O)n1ccnc1. The molecular formula is C16H26N4O4. The highest BCUT2D eigenvalue weighted by Crippen LogP contribution is 2.32. The molecule has 4 unspecified atom stereocenters. The van der Waals surface area contributed by atoms with E-state index >= 15 is 0 Å². The molecule has 134 valence electrons. The predicted octanol–water partition coefficient (Wildman–Crippen LogP) is 0.799. The average Bonchev–Trinajstić information content (AvgIpc) is 3.04. The van der Waals surface area contributed by atoms with Gasteiger partial charge >= 0.3 is 5.97 Å². The maximum absolute atomic E-state index is 12.4. The van der Waals surface area contributed by atoms with E-state index in [-0.39, 0.29) is 5.91 Å². The van der Waals surface area contributed by atoms with Crippen LogP contribution >= 0.6 is 0 Å². The minimum Gasteiger partial charge on any atom is -0.481 e. The predicted molar refractivity (Wildman–Crippen MR) is 87.8 cm³/mol. The Morgan fingerprint density at radius 2 is 1.96 bits per heavy atom. The maximum Gasteiger partial charge on any atom is 0.309 e. The molecule has 0 spiro atoms. The molecule has 24 heavy (non-hydrogen) atoms. The van der Waals surface area contributed by atoms with Crippen LogP contribution in [0, 0.1) is 17.8 Å². The van der Waals surface area contributed by atoms with Gasteiger partial charge in [0.05, 0.1) is 30.1 Å². The van der Waals surface area contributed by atoms with E-state index < -0.39 is 35.7 Å². The molecule has 8 nitrogen and oxygen atoms in total. The van der Waals surface area contributed by atoms with Crippen molar-refractivity contribution in [3.05, 3.63) is 18.7 Å². The Bertz CT molecular complexity index is 558. The van der Waals surface area contributed by atoms with Crippen molar-refractivity contribution < 1.29 is 19.5 Å². The van der Waals surface area contributed by atoms with Crippen LogP contribution < -0.4 is 11.1 Å². The second-order valence-corrected chi connectivity index (χ2v) is 5.99. The number of primary amides is 1. The molecule has 1 aromatic rings. The number of amides is 2. The van der Waals surface area contributed by atoms with Crippen LogP contribution in [-0.2, 0) is 14.4 Å². The Balaban J connectivity index is 3.13. The van der Waals surface area contributed by atoms with Crippen molar-refractivity contribution in [2.45, 2.75) is 39.7 Å². The fourth-order valence-corrected chi connectivity index (χ4v) is 2.74. The lowest BCUT2D eigenvalue weighted by Gasteiger charge is -2.32. The molecule has 1 heterocycles. The number of unbranched alkanes of at least 4 members (excludes halogenated alkanes) is 1. The Morgan fingerprint density at radius 1 is 1.29 bits per heavy atom. The molecule has 0 radical (unpaired) electrons. The molecule has 0 aliphatic rings. The summed E-state index contributed by atoms with van der Waals surface area (Å²) in [6, 6.07) is -0.769. The van der Waals surface area contributed by atoms with E-state index in [4.69, 9.17) is 5.73 Å². The quantitative estimate of drug-likeness (QED) is 0.544. The van der Waals surface area contributed by atoms with Crippen LogP contribution in [0.2, 0.25) is 0 Å². The molecule has 0 bridgehead atoms. The number of hydrogen-bond acceptors (Lipinski definition) is 4. The van der Waals surface area contributed by atoms with Gasteiger partial charge in [0.1, 0.15) is 0 Å². The first-order valence-corrected chi connectivity index (χ1v) is 8.08. The number of aromatic nitrogens is 2. The summed E-state index contributed by atoms with van der Waals surface area (Å²) in [7, 11) is 0. The summed E-state index contributed by atoms with van der Waals surface area (Å²) in [5, 5.41) is 12.4. The minimum atomic E-state index is -1.17. The first-order chi connectivity index (χ1) is 11.3. The Hall–Kier alpha value is -2.38. The zero-order valence-corrected chi connectivity index (χ0v) is 14.3. The Kier molecular flexibility index (Phi) is 7.41. The molecule has 4 atom stereocenters. The van der Waals surface area contributed by atoms with Gasteiger partial charge in [0.15, 0.2) is 0 Å². The molecule has 1 aromatic heterocycles. The van der Waals surface area contributed by atoms with Crippen molar-refractivity contribution in [1.29, 1.82) is 0 Å². The van der Waals surface area contributed by atoms with Crippen LogP contribution in [0.1, 0.15) is 39.7 Å². The number of carboxylic acids is 1. The highest BCUT2D eigenvalue weighted by Gasteiger charge is 2.41. The van der Waals surface area contributed by atoms with Gasteiger partial charge in [-0.1, -0.05) is 27.2 Å². The topological polar surface area (TPSA) is 127 Å². The molecule has 8 heteroatoms. The van der Waals surface area contributed by atoms with Gasteiger partial charge in [-0.15, -0.1) is 0 Å². The van der Waals surface area contributed by atoms with E-state index in [0.717, 1.165) is 12.8 Å². The molecule has 1 rings (SSSR count). The summed E-state index contributed by atoms with van der Waals surface area (Å²) in [6.07, 6.45) is 6.32. The van der Waals surface area contributed by atoms with Gasteiger partial charge in [-0.2, -0.15) is 0 Å². The second-order valence-electron chi connectivity index (χ2n) is 5.99. The molecule has 4 N–H and O–H groups in total. The van der Waals surface area contributed by atoms with E-state index in [2.05, 4.69) is 10.3 Å². The zero-order valence-electron chi connectivity index (χ0n) is 14.3. The average molecular weight is 338 g/mol. The number of hydrogen-bond donors (Lipinski definition) is 3. The van der Waals surface area contributed by atoms with E-state index in [1.807, 2.05) is 6.92 Å². The van der Waals surface area contributed by atoms with Crippen LogP contribution in [0.4, 0.5) is 0 Å². The van der Waals surface area contributed by atoms with Crippen LogP contribution in [-0.4, -0.2) is 39.0 Å². The van der Waals surface area contributed by atoms with Crippen molar-refractivity contribution in [3.63, 3.8) is 0 Å². The first-order valence-electron chi connectivity index (χ1n) is 8.08. The lowest BCUT2D eigenvalue weighted by molar-refractivity contribution is -0.150. The molecule has 2 amide bonds. The number of carboxylic acid groups (broad SMARTS) is 1. The second kappa shape index (κ2) is 9.05. The number of imidazole rings is 1. The number of nitrogens with one attached hydrogen (secondary N) is 1. The monoisotopic (exact) mass is 338 g/mol. The van der Waals surface area contributed by atoms with Crippen LogP contribution in [0.15, 0.2) is 18.7 Å². The van der Waals surface area contributed by atoms with Gasteiger partial charge in [-0.25, -0.2) is 4.98 Å². The number of carbonyl (C=O) groups excluding carboxylic acids is 2. The standard InChI is InChI=1S/C16H26N4O4/c1-4-5-6-19-15(22)11(3)13(20-8-7-18-9-20)12(16(23)24)10(2)14(17)21/h7-13H,4-6H2,1-3H3,(H2,17,21)(H,19,22)(H,23,24). The fourth-order valence-electron chi connectivity index (χ4n) is 2.74. The van der Waals surface area contributed by atoms with Gasteiger partial charge in [0.25, 0.3) is 0 Å². The van der Waals surface area contributed by atoms with E-state index in [9.17, 15) is 19.5 Å². The molecule has 0 aromatic carbocycles. The molecule has 0 aliphatic carbocycles. The summed E-state index contributed by atoms with van der Waals surface area (Å²) in [4.78, 5) is 39.7. The highest BCUT2D eigenvalue weighted by atomic mass is 16.4. The molecule has 0 saturated carbocycles. The molecular weight excluding hydrogens is 312 g/mol. The van der Waals surface area contributed by atoms with Crippen molar-refractivity contribution in [3.8, 4) is 0 Å². The zero-order chi connectivity index (χ0) is 18.3. The van der Waals surface area contributed by atoms with Crippen LogP contribution in [0.5, 0.6) is 0 Å². The van der Waals surface area contributed by atoms with E-state index in [1.54, 1.807) is 17.7 Å². The van der Waals surface area contributed by atoms with E-state index in [1.165, 1.54) is 19.4 Å². The Morgan fingerprint density at radius 3 is 2.42 bits per heavy atom. The summed E-state index contributed by atoms with van der Waals surface area (Å²) in [5.74, 6) is -4.88. The Labute approximate surface area is 141 Å². The van der Waals surface area contributed by atoms with Gasteiger partial charge in [0.2, 0.25) is 11.8 Å². The van der Waals surface area contributed by atoms with E-state index in [0.29, 0.717) is 6.54 Å². The lowest BCUT2D eigenvalue weighted by atomic mass is 9.80. The number of nitrogens with zero attached hydrogens (tertiary/aromatic N) is 2. The number of rotatable bonds is 10. The third kappa shape index (κ3) is 4.81. The molecule has 0 fully saturated rings. The van der Waals surface area contributed by atoms with Crippen molar-refractivity contribution in [2.75, 3.05) is 6.54 Å². The van der Waals surface area contributed by atoms with Crippen LogP contribution in [0.25, 0.3) is 0 Å². The largest absolute Gasteiger partial charge is 0.481 e. The number of nitrogens with two attached hydrogens (primary N) is 1. The summed E-state index contributed by atoms with van der Waals surface area (Å²) < 4.78 is 1.56. The number of carbonyl (C=O) groups is 3. The van der Waals surface area contributed by atoms with Gasteiger partial charge in [0, 0.05) is 18.9 Å². The lowest BCUT2D eigenvalue weighted by Crippen LogP contribution is -2.44. The van der Waals surface area contributed by atoms with Crippen molar-refractivity contribution in [2.24, 2.45) is 23.5 Å². The van der Waals surface area contributed by atoms with Crippen LogP contribution in [0.3, 0.4) is 0 Å². The summed E-state index contributed by atoms with van der Waals surface area (Å²) >= 11 is 0. The first kappa shape index (κ1) is 19.7. The third-order valence-corrected chi connectivity index (χ3v) is 4.27. The number of aliphatic carboxylic acids is 1. The summed E-state index contributed by atoms with van der Waals surface area (Å²) in [6.45, 7) is 5.65. The highest BCUT2D eigenvalue weighted by molar-refractivity contribution is 5.85. The molecule has 0 saturated heterocycles. The maximum atomic E-state index is 12.4. The van der Waals surface area contributed by atoms with Gasteiger partial charge in [-0.3, -0.25) is 14.4 Å². The molecule has 0 aliphatic heterocycles. The fraction of sp³-hybridized carbons (Fsp3) is 0.625. The summed E-state index contributed by atoms with van der Waals surface area (Å²) in [5.41, 5.74) is 5.31. The van der Waals surface area contributed by atoms with Gasteiger partial charge < -0.3 is 20.7 Å². The minimum absolute atomic E-state index is 0.259. The van der Waals surface area contributed by atoms with Gasteiger partial charge in [-0.05, 0) is 6.42 Å². The smallest absolute Gasteiger partial charge is 0.309 e. The normalized spacial score (nSPS) is 16.0. The van der Waals surface area contributed by atoms with Crippen molar-refractivity contribution >= 4 is 17.8 Å². The third-order valence-electron chi connectivity index (χ3n) is 4.27.